The summed E-state index contributed by atoms with van der Waals surface area (Å²) in [6.07, 6.45) is 6.92. The van der Waals surface area contributed by atoms with Crippen LogP contribution in [0.15, 0.2) is 0 Å². The Balaban J connectivity index is 1.44. The van der Waals surface area contributed by atoms with E-state index >= 15 is 0 Å². The molecule has 4 heteroatoms. The van der Waals surface area contributed by atoms with E-state index in [1.54, 1.807) is 0 Å². The monoisotopic (exact) mass is 238 g/mol. The lowest BCUT2D eigenvalue weighted by Gasteiger charge is -2.33. The second kappa shape index (κ2) is 4.58. The number of hydrogen-bond acceptors (Lipinski definition) is 3. The van der Waals surface area contributed by atoms with Gasteiger partial charge in [0.2, 0.25) is 5.91 Å². The minimum atomic E-state index is 0.125. The Labute approximate surface area is 102 Å². The van der Waals surface area contributed by atoms with Crippen LogP contribution in [-0.4, -0.2) is 37.2 Å². The minimum Gasteiger partial charge on any atom is -0.370 e. The van der Waals surface area contributed by atoms with Crippen molar-refractivity contribution < 1.29 is 9.53 Å². The van der Waals surface area contributed by atoms with E-state index in [9.17, 15) is 4.79 Å². The summed E-state index contributed by atoms with van der Waals surface area (Å²) < 4.78 is 6.19. The maximum absolute atomic E-state index is 11.6. The van der Waals surface area contributed by atoms with Gasteiger partial charge in [0.15, 0.2) is 0 Å². The molecule has 2 N–H and O–H groups in total. The molecular formula is C13H22N2O2. The Morgan fingerprint density at radius 3 is 2.71 bits per heavy atom. The van der Waals surface area contributed by atoms with Gasteiger partial charge in [-0.2, -0.15) is 0 Å². The van der Waals surface area contributed by atoms with Gasteiger partial charge in [-0.05, 0) is 51.6 Å². The fraction of sp³-hybridized carbons (Fsp3) is 0.923. The van der Waals surface area contributed by atoms with Gasteiger partial charge in [-0.15, -0.1) is 0 Å². The molecule has 1 amide bonds. The van der Waals surface area contributed by atoms with E-state index in [0.29, 0.717) is 12.5 Å². The van der Waals surface area contributed by atoms with Gasteiger partial charge in [-0.1, -0.05) is 0 Å². The summed E-state index contributed by atoms with van der Waals surface area (Å²) in [6.45, 7) is 2.85. The lowest BCUT2D eigenvalue weighted by molar-refractivity contribution is -0.123. The molecule has 1 unspecified atom stereocenters. The first kappa shape index (κ1) is 11.5. The van der Waals surface area contributed by atoms with Crippen molar-refractivity contribution in [2.75, 3.05) is 19.6 Å². The lowest BCUT2D eigenvalue weighted by Crippen LogP contribution is -2.43. The largest absolute Gasteiger partial charge is 0.370 e. The Morgan fingerprint density at radius 2 is 2.00 bits per heavy atom. The lowest BCUT2D eigenvalue weighted by atomic mass is 9.89. The van der Waals surface area contributed by atoms with Crippen molar-refractivity contribution >= 4 is 5.91 Å². The molecule has 1 spiro atoms. The second-order valence-corrected chi connectivity index (χ2v) is 5.73. The topological polar surface area (TPSA) is 50.4 Å². The molecule has 0 radical (unpaired) electrons. The standard InChI is InChI=1S/C13H22N2O2/c16-12(10-1-2-10)15-9-11-3-4-13(17-11)5-7-14-8-6-13/h10-11,14H,1-9H2,(H,15,16). The van der Waals surface area contributed by atoms with Crippen LogP contribution in [0.3, 0.4) is 0 Å². The van der Waals surface area contributed by atoms with Crippen LogP contribution >= 0.6 is 0 Å². The summed E-state index contributed by atoms with van der Waals surface area (Å²) in [5, 5.41) is 6.40. The van der Waals surface area contributed by atoms with Crippen molar-refractivity contribution in [1.82, 2.24) is 10.6 Å². The number of nitrogens with one attached hydrogen (secondary N) is 2. The predicted octanol–water partition coefficient (Wildman–Crippen LogP) is 0.814. The van der Waals surface area contributed by atoms with Gasteiger partial charge in [-0.3, -0.25) is 4.79 Å². The second-order valence-electron chi connectivity index (χ2n) is 5.73. The van der Waals surface area contributed by atoms with Crippen LogP contribution in [0.5, 0.6) is 0 Å². The highest BCUT2D eigenvalue weighted by Crippen LogP contribution is 2.37. The molecule has 2 heterocycles. The van der Waals surface area contributed by atoms with Crippen molar-refractivity contribution in [2.24, 2.45) is 5.92 Å². The first-order chi connectivity index (χ1) is 8.27. The van der Waals surface area contributed by atoms with E-state index in [-0.39, 0.29) is 17.6 Å². The number of hydrogen-bond donors (Lipinski definition) is 2. The Bertz CT molecular complexity index is 296. The SMILES string of the molecule is O=C(NCC1CCC2(CCNCC2)O1)C1CC1. The average molecular weight is 238 g/mol. The smallest absolute Gasteiger partial charge is 0.223 e. The molecule has 0 aromatic carbocycles. The van der Waals surface area contributed by atoms with Crippen molar-refractivity contribution in [2.45, 2.75) is 50.2 Å². The Hall–Kier alpha value is -0.610. The van der Waals surface area contributed by atoms with Crippen LogP contribution < -0.4 is 10.6 Å². The summed E-state index contributed by atoms with van der Waals surface area (Å²) in [7, 11) is 0. The third-order valence-electron chi connectivity index (χ3n) is 4.31. The third kappa shape index (κ3) is 2.63. The number of carbonyl (C=O) groups excluding carboxylic acids is 1. The highest BCUT2D eigenvalue weighted by molar-refractivity contribution is 5.80. The van der Waals surface area contributed by atoms with Crippen LogP contribution in [0.4, 0.5) is 0 Å². The van der Waals surface area contributed by atoms with E-state index in [4.69, 9.17) is 4.74 Å². The van der Waals surface area contributed by atoms with E-state index in [2.05, 4.69) is 10.6 Å². The fourth-order valence-electron chi connectivity index (χ4n) is 2.99. The molecule has 0 aromatic heterocycles. The minimum absolute atomic E-state index is 0.125. The molecule has 2 saturated heterocycles. The molecule has 1 saturated carbocycles. The maximum atomic E-state index is 11.6. The van der Waals surface area contributed by atoms with Gasteiger partial charge in [0, 0.05) is 12.5 Å². The fourth-order valence-corrected chi connectivity index (χ4v) is 2.99. The zero-order chi connectivity index (χ0) is 11.7. The summed E-state index contributed by atoms with van der Waals surface area (Å²) in [5.41, 5.74) is 0.125. The average Bonchev–Trinajstić information content (AvgIpc) is 3.13. The van der Waals surface area contributed by atoms with Crippen LogP contribution in [0, 0.1) is 5.92 Å². The molecule has 1 aliphatic carbocycles. The third-order valence-corrected chi connectivity index (χ3v) is 4.31. The normalized spacial score (nSPS) is 31.6. The van der Waals surface area contributed by atoms with Gasteiger partial charge in [0.1, 0.15) is 0 Å². The first-order valence-corrected chi connectivity index (χ1v) is 6.94. The summed E-state index contributed by atoms with van der Waals surface area (Å²) in [6, 6.07) is 0. The van der Waals surface area contributed by atoms with E-state index < -0.39 is 0 Å². The van der Waals surface area contributed by atoms with Gasteiger partial charge in [0.25, 0.3) is 0 Å². The van der Waals surface area contributed by atoms with Crippen molar-refractivity contribution in [3.8, 4) is 0 Å². The van der Waals surface area contributed by atoms with Gasteiger partial charge >= 0.3 is 0 Å². The van der Waals surface area contributed by atoms with Crippen molar-refractivity contribution in [3.05, 3.63) is 0 Å². The van der Waals surface area contributed by atoms with Gasteiger partial charge in [-0.25, -0.2) is 0 Å². The van der Waals surface area contributed by atoms with E-state index in [0.717, 1.165) is 45.2 Å². The zero-order valence-electron chi connectivity index (χ0n) is 10.3. The van der Waals surface area contributed by atoms with Crippen molar-refractivity contribution in [3.63, 3.8) is 0 Å². The molecule has 0 aromatic rings. The molecular weight excluding hydrogens is 216 g/mol. The highest BCUT2D eigenvalue weighted by Gasteiger charge is 2.41. The number of carbonyl (C=O) groups is 1. The van der Waals surface area contributed by atoms with E-state index in [1.807, 2.05) is 0 Å². The molecule has 3 aliphatic rings. The highest BCUT2D eigenvalue weighted by atomic mass is 16.5. The summed E-state index contributed by atoms with van der Waals surface area (Å²) >= 11 is 0. The molecule has 1 atom stereocenters. The molecule has 2 aliphatic heterocycles. The summed E-state index contributed by atoms with van der Waals surface area (Å²) in [5.74, 6) is 0.545. The van der Waals surface area contributed by atoms with Gasteiger partial charge < -0.3 is 15.4 Å². The maximum Gasteiger partial charge on any atom is 0.223 e. The first-order valence-electron chi connectivity index (χ1n) is 6.94. The Kier molecular flexibility index (Phi) is 3.09. The molecule has 3 fully saturated rings. The van der Waals surface area contributed by atoms with Crippen LogP contribution in [0.2, 0.25) is 0 Å². The van der Waals surface area contributed by atoms with Crippen LogP contribution in [-0.2, 0) is 9.53 Å². The predicted molar refractivity (Wildman–Crippen MR) is 64.7 cm³/mol. The summed E-state index contributed by atoms with van der Waals surface area (Å²) in [4.78, 5) is 11.6. The molecule has 96 valence electrons. The molecule has 4 nitrogen and oxygen atoms in total. The number of ether oxygens (including phenoxy) is 1. The Morgan fingerprint density at radius 1 is 1.24 bits per heavy atom. The number of amides is 1. The number of piperidine rings is 1. The zero-order valence-corrected chi connectivity index (χ0v) is 10.3. The van der Waals surface area contributed by atoms with Crippen LogP contribution in [0.1, 0.15) is 38.5 Å². The van der Waals surface area contributed by atoms with Crippen molar-refractivity contribution in [1.29, 1.82) is 0 Å². The van der Waals surface area contributed by atoms with Gasteiger partial charge in [0.05, 0.1) is 11.7 Å². The van der Waals surface area contributed by atoms with E-state index in [1.165, 1.54) is 6.42 Å². The molecule has 17 heavy (non-hydrogen) atoms. The molecule has 3 rings (SSSR count). The quantitative estimate of drug-likeness (QED) is 0.765. The van der Waals surface area contributed by atoms with Crippen LogP contribution in [0.25, 0.3) is 0 Å². The molecule has 0 bridgehead atoms. The number of rotatable bonds is 3.